The SMILES string of the molecule is Cc1ccc(S(=O)(=O)n2ccc3ccccc32)cc1.[Sn]. The molecule has 0 fully saturated rings. The van der Waals surface area contributed by atoms with Crippen LogP contribution in [0.15, 0.2) is 65.7 Å². The van der Waals surface area contributed by atoms with Crippen molar-refractivity contribution in [3.05, 3.63) is 66.4 Å². The second kappa shape index (κ2) is 5.61. The van der Waals surface area contributed by atoms with Crippen LogP contribution in [0.5, 0.6) is 0 Å². The summed E-state index contributed by atoms with van der Waals surface area (Å²) in [7, 11) is -3.52. The van der Waals surface area contributed by atoms with E-state index in [1.54, 1.807) is 42.6 Å². The molecule has 20 heavy (non-hydrogen) atoms. The van der Waals surface area contributed by atoms with Gasteiger partial charge in [-0.2, -0.15) is 0 Å². The summed E-state index contributed by atoms with van der Waals surface area (Å²) < 4.78 is 26.5. The first-order valence-corrected chi connectivity index (χ1v) is 7.41. The van der Waals surface area contributed by atoms with Gasteiger partial charge in [0.15, 0.2) is 0 Å². The van der Waals surface area contributed by atoms with Gasteiger partial charge in [0.1, 0.15) is 0 Å². The van der Waals surface area contributed by atoms with Crippen LogP contribution in [-0.2, 0) is 10.0 Å². The van der Waals surface area contributed by atoms with Gasteiger partial charge in [0, 0.05) is 35.5 Å². The summed E-state index contributed by atoms with van der Waals surface area (Å²) in [4.78, 5) is 0.305. The van der Waals surface area contributed by atoms with Gasteiger partial charge in [0.2, 0.25) is 0 Å². The number of benzene rings is 2. The number of nitrogens with zero attached hydrogens (tertiary/aromatic N) is 1. The minimum atomic E-state index is -3.52. The predicted octanol–water partition coefficient (Wildman–Crippen LogP) is 2.81. The Balaban J connectivity index is 0.00000147. The number of hydrogen-bond donors (Lipinski definition) is 0. The standard InChI is InChI=1S/C15H13NO2S.Sn/c1-12-6-8-14(9-7-12)19(17,18)16-11-10-13-4-2-3-5-15(13)16;/h2-11H,1H3;. The van der Waals surface area contributed by atoms with E-state index in [2.05, 4.69) is 0 Å². The average Bonchev–Trinajstić information content (AvgIpc) is 2.83. The number of fused-ring (bicyclic) bond motifs is 1. The topological polar surface area (TPSA) is 39.1 Å². The Morgan fingerprint density at radius 2 is 1.55 bits per heavy atom. The van der Waals surface area contributed by atoms with Crippen LogP contribution in [0, 0.1) is 6.92 Å². The third-order valence-electron chi connectivity index (χ3n) is 3.14. The summed E-state index contributed by atoms with van der Waals surface area (Å²) >= 11 is 0. The molecule has 3 nitrogen and oxygen atoms in total. The van der Waals surface area contributed by atoms with Crippen LogP contribution in [0.1, 0.15) is 5.56 Å². The molecule has 0 unspecified atom stereocenters. The van der Waals surface area contributed by atoms with Crippen molar-refractivity contribution in [1.82, 2.24) is 3.97 Å². The van der Waals surface area contributed by atoms with Gasteiger partial charge in [-0.05, 0) is 31.2 Å². The zero-order valence-electron chi connectivity index (χ0n) is 10.9. The molecule has 100 valence electrons. The van der Waals surface area contributed by atoms with Crippen LogP contribution in [0.2, 0.25) is 0 Å². The fraction of sp³-hybridized carbons (Fsp3) is 0.0667. The van der Waals surface area contributed by atoms with Gasteiger partial charge in [-0.25, -0.2) is 12.4 Å². The van der Waals surface area contributed by atoms with Crippen molar-refractivity contribution < 1.29 is 8.42 Å². The Labute approximate surface area is 135 Å². The molecule has 1 aromatic heterocycles. The molecular weight excluding hydrogens is 377 g/mol. The van der Waals surface area contributed by atoms with E-state index in [0.29, 0.717) is 10.4 Å². The Hall–Kier alpha value is -1.27. The Bertz CT molecular complexity index is 836. The minimum Gasteiger partial charge on any atom is -0.241 e. The Morgan fingerprint density at radius 3 is 2.25 bits per heavy atom. The van der Waals surface area contributed by atoms with Crippen LogP contribution < -0.4 is 0 Å². The zero-order chi connectivity index (χ0) is 13.5. The molecule has 3 rings (SSSR count). The van der Waals surface area contributed by atoms with Gasteiger partial charge in [0.05, 0.1) is 10.4 Å². The largest absolute Gasteiger partial charge is 0.268 e. The normalized spacial score (nSPS) is 11.2. The molecule has 0 atom stereocenters. The third kappa shape index (κ3) is 2.49. The van der Waals surface area contributed by atoms with Crippen molar-refractivity contribution >= 4 is 44.8 Å². The zero-order valence-corrected chi connectivity index (χ0v) is 14.6. The van der Waals surface area contributed by atoms with Gasteiger partial charge in [-0.3, -0.25) is 0 Å². The van der Waals surface area contributed by atoms with Crippen molar-refractivity contribution in [1.29, 1.82) is 0 Å². The van der Waals surface area contributed by atoms with E-state index in [4.69, 9.17) is 0 Å². The van der Waals surface area contributed by atoms with Crippen molar-refractivity contribution in [2.45, 2.75) is 11.8 Å². The molecule has 1 heterocycles. The molecule has 0 N–H and O–H groups in total. The molecule has 0 aliphatic heterocycles. The maximum absolute atomic E-state index is 12.6. The minimum absolute atomic E-state index is 0. The number of hydrogen-bond acceptors (Lipinski definition) is 2. The van der Waals surface area contributed by atoms with Gasteiger partial charge in [-0.15, -0.1) is 0 Å². The molecule has 2 aromatic carbocycles. The predicted molar refractivity (Wildman–Crippen MR) is 81.5 cm³/mol. The molecule has 0 aliphatic carbocycles. The fourth-order valence-electron chi connectivity index (χ4n) is 2.09. The first-order chi connectivity index (χ1) is 9.09. The number of rotatable bonds is 2. The van der Waals surface area contributed by atoms with E-state index in [1.807, 2.05) is 25.1 Å². The van der Waals surface area contributed by atoms with Gasteiger partial charge in [0.25, 0.3) is 10.0 Å². The summed E-state index contributed by atoms with van der Waals surface area (Å²) in [6.45, 7) is 1.93. The van der Waals surface area contributed by atoms with Gasteiger partial charge >= 0.3 is 0 Å². The molecule has 4 radical (unpaired) electrons. The number of aromatic nitrogens is 1. The van der Waals surface area contributed by atoms with Crippen LogP contribution in [0.25, 0.3) is 10.9 Å². The van der Waals surface area contributed by atoms with E-state index in [9.17, 15) is 8.42 Å². The monoisotopic (exact) mass is 391 g/mol. The number of para-hydroxylation sites is 1. The molecule has 5 heteroatoms. The second-order valence-corrected chi connectivity index (χ2v) is 6.30. The maximum atomic E-state index is 12.6. The fourth-order valence-corrected chi connectivity index (χ4v) is 3.44. The summed E-state index contributed by atoms with van der Waals surface area (Å²) in [5.74, 6) is 0. The van der Waals surface area contributed by atoms with Crippen molar-refractivity contribution in [3.8, 4) is 0 Å². The third-order valence-corrected chi connectivity index (χ3v) is 4.85. The van der Waals surface area contributed by atoms with E-state index >= 15 is 0 Å². The van der Waals surface area contributed by atoms with E-state index in [-0.39, 0.29) is 23.9 Å². The van der Waals surface area contributed by atoms with Gasteiger partial charge < -0.3 is 0 Å². The smallest absolute Gasteiger partial charge is 0.241 e. The van der Waals surface area contributed by atoms with Crippen molar-refractivity contribution in [3.63, 3.8) is 0 Å². The molecule has 3 aromatic rings. The second-order valence-electron chi connectivity index (χ2n) is 4.49. The summed E-state index contributed by atoms with van der Waals surface area (Å²) in [6.07, 6.45) is 1.60. The molecule has 0 spiro atoms. The first kappa shape index (κ1) is 15.1. The molecule has 0 saturated carbocycles. The summed E-state index contributed by atoms with van der Waals surface area (Å²) in [5, 5.41) is 0.915. The van der Waals surface area contributed by atoms with Crippen LogP contribution >= 0.6 is 0 Å². The van der Waals surface area contributed by atoms with Crippen molar-refractivity contribution in [2.75, 3.05) is 0 Å². The summed E-state index contributed by atoms with van der Waals surface area (Å²) in [5.41, 5.74) is 1.74. The van der Waals surface area contributed by atoms with E-state index < -0.39 is 10.0 Å². The summed E-state index contributed by atoms with van der Waals surface area (Å²) in [6, 6.07) is 16.1. The van der Waals surface area contributed by atoms with Crippen LogP contribution in [0.4, 0.5) is 0 Å². The Kier molecular flexibility index (Phi) is 4.25. The quantitative estimate of drug-likeness (QED) is 0.632. The molecule has 0 saturated heterocycles. The van der Waals surface area contributed by atoms with E-state index in [0.717, 1.165) is 10.9 Å². The number of aryl methyl sites for hydroxylation is 1. The maximum Gasteiger partial charge on any atom is 0.268 e. The molecule has 0 bridgehead atoms. The van der Waals surface area contributed by atoms with Gasteiger partial charge in [-0.1, -0.05) is 35.9 Å². The molecule has 0 amide bonds. The Morgan fingerprint density at radius 1 is 0.900 bits per heavy atom. The molecular formula is C15H13NO2SSn. The first-order valence-electron chi connectivity index (χ1n) is 5.97. The van der Waals surface area contributed by atoms with Crippen LogP contribution in [0.3, 0.4) is 0 Å². The van der Waals surface area contributed by atoms with Crippen LogP contribution in [-0.4, -0.2) is 36.3 Å². The van der Waals surface area contributed by atoms with Crippen molar-refractivity contribution in [2.24, 2.45) is 0 Å². The van der Waals surface area contributed by atoms with E-state index in [1.165, 1.54) is 3.97 Å². The molecule has 0 aliphatic rings. The average molecular weight is 390 g/mol.